The average Bonchev–Trinajstić information content (AvgIpc) is 2.62. The Morgan fingerprint density at radius 3 is 2.62 bits per heavy atom. The number of aliphatic hydroxyl groups excluding tert-OH is 1. The first-order chi connectivity index (χ1) is 7.70. The van der Waals surface area contributed by atoms with Crippen molar-refractivity contribution in [2.24, 2.45) is 0 Å². The monoisotopic (exact) mass is 237 g/mol. The molecule has 16 heavy (non-hydrogen) atoms. The van der Waals surface area contributed by atoms with Gasteiger partial charge in [-0.25, -0.2) is 9.37 Å². The van der Waals surface area contributed by atoms with Gasteiger partial charge in [0.2, 0.25) is 0 Å². The normalized spacial score (nSPS) is 10.7. The standard InChI is InChI=1S/C12H12FNOS/c1-8-11(6-7-15)16-12(14-8)9-2-4-10(13)5-3-9/h2-5,15H,6-7H2,1H3. The number of nitrogens with zero attached hydrogens (tertiary/aromatic N) is 1. The van der Waals surface area contributed by atoms with Gasteiger partial charge < -0.3 is 5.11 Å². The average molecular weight is 237 g/mol. The van der Waals surface area contributed by atoms with E-state index in [9.17, 15) is 4.39 Å². The summed E-state index contributed by atoms with van der Waals surface area (Å²) in [6, 6.07) is 6.29. The van der Waals surface area contributed by atoms with Crippen molar-refractivity contribution in [1.82, 2.24) is 4.98 Å². The van der Waals surface area contributed by atoms with E-state index in [1.165, 1.54) is 12.1 Å². The molecule has 2 rings (SSSR count). The highest BCUT2D eigenvalue weighted by Gasteiger charge is 2.08. The number of halogens is 1. The SMILES string of the molecule is Cc1nc(-c2ccc(F)cc2)sc1CCO. The number of hydrogen-bond donors (Lipinski definition) is 1. The van der Waals surface area contributed by atoms with Crippen molar-refractivity contribution in [2.45, 2.75) is 13.3 Å². The van der Waals surface area contributed by atoms with Crippen LogP contribution in [0.1, 0.15) is 10.6 Å². The number of aliphatic hydroxyl groups is 1. The predicted octanol–water partition coefficient (Wildman–Crippen LogP) is 2.79. The van der Waals surface area contributed by atoms with Gasteiger partial charge in [0, 0.05) is 23.5 Å². The van der Waals surface area contributed by atoms with Gasteiger partial charge in [0.25, 0.3) is 0 Å². The third kappa shape index (κ3) is 2.28. The summed E-state index contributed by atoms with van der Waals surface area (Å²) in [6.07, 6.45) is 0.630. The lowest BCUT2D eigenvalue weighted by Gasteiger charge is -1.94. The van der Waals surface area contributed by atoms with E-state index in [1.807, 2.05) is 6.92 Å². The van der Waals surface area contributed by atoms with Crippen molar-refractivity contribution in [3.63, 3.8) is 0 Å². The second kappa shape index (κ2) is 4.72. The molecule has 2 aromatic rings. The van der Waals surface area contributed by atoms with Gasteiger partial charge in [0.05, 0.1) is 5.69 Å². The van der Waals surface area contributed by atoms with Crippen LogP contribution in [0.4, 0.5) is 4.39 Å². The van der Waals surface area contributed by atoms with Gasteiger partial charge in [-0.2, -0.15) is 0 Å². The molecule has 0 radical (unpaired) electrons. The van der Waals surface area contributed by atoms with E-state index in [1.54, 1.807) is 23.5 Å². The molecule has 84 valence electrons. The third-order valence-corrected chi connectivity index (χ3v) is 3.59. The number of benzene rings is 1. The van der Waals surface area contributed by atoms with Crippen LogP contribution >= 0.6 is 11.3 Å². The summed E-state index contributed by atoms with van der Waals surface area (Å²) >= 11 is 1.55. The van der Waals surface area contributed by atoms with Gasteiger partial charge in [-0.15, -0.1) is 11.3 Å². The molecule has 1 aromatic carbocycles. The first-order valence-electron chi connectivity index (χ1n) is 5.04. The van der Waals surface area contributed by atoms with E-state index >= 15 is 0 Å². The van der Waals surface area contributed by atoms with Crippen LogP contribution in [0, 0.1) is 12.7 Å². The van der Waals surface area contributed by atoms with Crippen LogP contribution in [0.25, 0.3) is 10.6 Å². The van der Waals surface area contributed by atoms with Crippen molar-refractivity contribution in [3.05, 3.63) is 40.7 Å². The Balaban J connectivity index is 2.33. The Bertz CT molecular complexity index is 478. The van der Waals surface area contributed by atoms with E-state index < -0.39 is 0 Å². The summed E-state index contributed by atoms with van der Waals surface area (Å²) in [5.41, 5.74) is 1.86. The summed E-state index contributed by atoms with van der Waals surface area (Å²) in [7, 11) is 0. The zero-order valence-electron chi connectivity index (χ0n) is 8.90. The van der Waals surface area contributed by atoms with Gasteiger partial charge in [0.15, 0.2) is 0 Å². The fourth-order valence-electron chi connectivity index (χ4n) is 1.48. The molecule has 0 aliphatic rings. The Labute approximate surface area is 97.4 Å². The molecule has 2 nitrogen and oxygen atoms in total. The largest absolute Gasteiger partial charge is 0.396 e. The molecule has 1 heterocycles. The summed E-state index contributed by atoms with van der Waals surface area (Å²) in [4.78, 5) is 5.50. The van der Waals surface area contributed by atoms with Crippen LogP contribution in [0.3, 0.4) is 0 Å². The lowest BCUT2D eigenvalue weighted by Crippen LogP contribution is -1.88. The molecule has 0 aliphatic heterocycles. The Morgan fingerprint density at radius 2 is 2.00 bits per heavy atom. The van der Waals surface area contributed by atoms with Crippen LogP contribution in [-0.4, -0.2) is 16.7 Å². The van der Waals surface area contributed by atoms with Gasteiger partial charge in [-0.1, -0.05) is 0 Å². The Kier molecular flexibility index (Phi) is 3.31. The smallest absolute Gasteiger partial charge is 0.123 e. The molecule has 0 saturated heterocycles. The molecule has 0 saturated carbocycles. The minimum absolute atomic E-state index is 0.131. The molecule has 0 bridgehead atoms. The van der Waals surface area contributed by atoms with E-state index in [0.29, 0.717) is 6.42 Å². The first kappa shape index (κ1) is 11.2. The number of aromatic nitrogens is 1. The van der Waals surface area contributed by atoms with E-state index in [4.69, 9.17) is 5.11 Å². The molecular formula is C12H12FNOS. The van der Waals surface area contributed by atoms with Crippen LogP contribution in [0.2, 0.25) is 0 Å². The van der Waals surface area contributed by atoms with Crippen molar-refractivity contribution in [2.75, 3.05) is 6.61 Å². The van der Waals surface area contributed by atoms with Gasteiger partial charge in [0.1, 0.15) is 10.8 Å². The minimum Gasteiger partial charge on any atom is -0.396 e. The summed E-state index contributed by atoms with van der Waals surface area (Å²) in [5.74, 6) is -0.243. The fraction of sp³-hybridized carbons (Fsp3) is 0.250. The summed E-state index contributed by atoms with van der Waals surface area (Å²) in [5, 5.41) is 9.77. The van der Waals surface area contributed by atoms with Gasteiger partial charge >= 0.3 is 0 Å². The molecule has 0 atom stereocenters. The molecule has 1 N–H and O–H groups in total. The number of rotatable bonds is 3. The number of thiazole rings is 1. The highest BCUT2D eigenvalue weighted by Crippen LogP contribution is 2.28. The molecule has 4 heteroatoms. The molecule has 0 amide bonds. The van der Waals surface area contributed by atoms with Crippen LogP contribution in [0.5, 0.6) is 0 Å². The van der Waals surface area contributed by atoms with Crippen LogP contribution in [-0.2, 0) is 6.42 Å². The molecule has 0 spiro atoms. The molecular weight excluding hydrogens is 225 g/mol. The Morgan fingerprint density at radius 1 is 1.31 bits per heavy atom. The van der Waals surface area contributed by atoms with E-state index in [2.05, 4.69) is 4.98 Å². The maximum atomic E-state index is 12.8. The lowest BCUT2D eigenvalue weighted by molar-refractivity contribution is 0.300. The van der Waals surface area contributed by atoms with Crippen LogP contribution in [0.15, 0.2) is 24.3 Å². The fourth-order valence-corrected chi connectivity index (χ4v) is 2.53. The Hall–Kier alpha value is -1.26. The topological polar surface area (TPSA) is 33.1 Å². The maximum absolute atomic E-state index is 12.8. The molecule has 0 fully saturated rings. The second-order valence-corrected chi connectivity index (χ2v) is 4.59. The number of hydrogen-bond acceptors (Lipinski definition) is 3. The zero-order valence-corrected chi connectivity index (χ0v) is 9.72. The highest BCUT2D eigenvalue weighted by molar-refractivity contribution is 7.15. The maximum Gasteiger partial charge on any atom is 0.123 e. The molecule has 1 aromatic heterocycles. The predicted molar refractivity (Wildman–Crippen MR) is 63.0 cm³/mol. The minimum atomic E-state index is -0.243. The van der Waals surface area contributed by atoms with Gasteiger partial charge in [-0.3, -0.25) is 0 Å². The molecule has 0 aliphatic carbocycles. The lowest BCUT2D eigenvalue weighted by atomic mass is 10.2. The van der Waals surface area contributed by atoms with Crippen molar-refractivity contribution in [1.29, 1.82) is 0 Å². The second-order valence-electron chi connectivity index (χ2n) is 3.51. The summed E-state index contributed by atoms with van der Waals surface area (Å²) < 4.78 is 12.8. The van der Waals surface area contributed by atoms with Crippen molar-refractivity contribution >= 4 is 11.3 Å². The van der Waals surface area contributed by atoms with Gasteiger partial charge in [-0.05, 0) is 31.2 Å². The third-order valence-electron chi connectivity index (χ3n) is 2.32. The quantitative estimate of drug-likeness (QED) is 0.890. The number of aryl methyl sites for hydroxylation is 1. The highest BCUT2D eigenvalue weighted by atomic mass is 32.1. The van der Waals surface area contributed by atoms with E-state index in [0.717, 1.165) is 21.1 Å². The van der Waals surface area contributed by atoms with Crippen molar-refractivity contribution in [3.8, 4) is 10.6 Å². The molecule has 0 unspecified atom stereocenters. The van der Waals surface area contributed by atoms with E-state index in [-0.39, 0.29) is 12.4 Å². The summed E-state index contributed by atoms with van der Waals surface area (Å²) in [6.45, 7) is 2.06. The first-order valence-corrected chi connectivity index (χ1v) is 5.85. The van der Waals surface area contributed by atoms with Crippen molar-refractivity contribution < 1.29 is 9.50 Å². The van der Waals surface area contributed by atoms with Crippen LogP contribution < -0.4 is 0 Å². The zero-order chi connectivity index (χ0) is 11.5.